The van der Waals surface area contributed by atoms with Gasteiger partial charge in [-0.2, -0.15) is 5.10 Å². The lowest BCUT2D eigenvalue weighted by atomic mass is 10.1. The molecule has 6 heteroatoms. The number of rotatable bonds is 1. The van der Waals surface area contributed by atoms with E-state index in [2.05, 4.69) is 10.2 Å². The Kier molecular flexibility index (Phi) is 1.99. The molecule has 0 fully saturated rings. The quantitative estimate of drug-likeness (QED) is 0.645. The minimum atomic E-state index is -1.02. The Bertz CT molecular complexity index is 803. The van der Waals surface area contributed by atoms with Crippen LogP contribution in [-0.4, -0.2) is 25.7 Å². The van der Waals surface area contributed by atoms with Crippen molar-refractivity contribution >= 4 is 34.7 Å². The summed E-state index contributed by atoms with van der Waals surface area (Å²) in [6, 6.07) is 9.04. The number of nitrogens with zero attached hydrogens (tertiary/aromatic N) is 2. The molecule has 0 aliphatic heterocycles. The summed E-state index contributed by atoms with van der Waals surface area (Å²) in [7, 11) is 0. The van der Waals surface area contributed by atoms with Gasteiger partial charge in [0, 0.05) is 0 Å². The molecule has 84 valence electrons. The molecule has 0 radical (unpaired) electrons. The number of carboxylic acid groups (broad SMARTS) is 1. The van der Waals surface area contributed by atoms with Crippen molar-refractivity contribution in [3.63, 3.8) is 0 Å². The van der Waals surface area contributed by atoms with Crippen molar-refractivity contribution in [2.75, 3.05) is 0 Å². The lowest BCUT2D eigenvalue weighted by Gasteiger charge is -2.03. The second kappa shape index (κ2) is 3.39. The topological polar surface area (TPSA) is 70.4 Å². The molecule has 2 aromatic heterocycles. The van der Waals surface area contributed by atoms with Crippen LogP contribution in [0.2, 0.25) is 0 Å². The molecule has 0 bridgehead atoms. The van der Waals surface area contributed by atoms with E-state index in [-0.39, 0.29) is 5.56 Å². The molecule has 0 atom stereocenters. The van der Waals surface area contributed by atoms with Crippen LogP contribution in [0.1, 0.15) is 10.4 Å². The van der Waals surface area contributed by atoms with Crippen molar-refractivity contribution in [2.24, 2.45) is 0 Å². The number of pyridine rings is 1. The van der Waals surface area contributed by atoms with E-state index in [4.69, 9.17) is 17.3 Å². The minimum absolute atomic E-state index is 0.135. The number of aromatic nitrogens is 3. The summed E-state index contributed by atoms with van der Waals surface area (Å²) in [6.07, 6.45) is 0. The number of carboxylic acids is 1. The molecule has 3 aromatic rings. The van der Waals surface area contributed by atoms with Gasteiger partial charge in [-0.05, 0) is 29.7 Å². The Morgan fingerprint density at radius 2 is 2.18 bits per heavy atom. The monoisotopic (exact) mass is 245 g/mol. The number of hydrogen-bond acceptors (Lipinski definition) is 3. The first-order chi connectivity index (χ1) is 8.18. The van der Waals surface area contributed by atoms with Gasteiger partial charge in [-0.25, -0.2) is 4.79 Å². The van der Waals surface area contributed by atoms with Gasteiger partial charge in [0.1, 0.15) is 5.56 Å². The predicted molar refractivity (Wildman–Crippen MR) is 64.8 cm³/mol. The Morgan fingerprint density at radius 3 is 2.94 bits per heavy atom. The number of hydrogen-bond donors (Lipinski definition) is 2. The van der Waals surface area contributed by atoms with Gasteiger partial charge in [0.05, 0.1) is 5.52 Å². The Morgan fingerprint density at radius 1 is 1.41 bits per heavy atom. The fourth-order valence-corrected chi connectivity index (χ4v) is 2.12. The summed E-state index contributed by atoms with van der Waals surface area (Å²) >= 11 is 5.11. The van der Waals surface area contributed by atoms with E-state index in [1.54, 1.807) is 10.5 Å². The fourth-order valence-electron chi connectivity index (χ4n) is 1.89. The zero-order valence-electron chi connectivity index (χ0n) is 8.54. The second-order valence-electron chi connectivity index (χ2n) is 3.61. The first-order valence-electron chi connectivity index (χ1n) is 4.90. The molecule has 0 saturated carbocycles. The lowest BCUT2D eigenvalue weighted by Crippen LogP contribution is -2.01. The standard InChI is InChI=1S/C11H7N3O2S/c15-10(16)7-5-6-3-1-2-4-8(6)14-9(7)12-13-11(14)17/h1-5H,(H,13,17)(H,15,16). The molecule has 17 heavy (non-hydrogen) atoms. The van der Waals surface area contributed by atoms with E-state index < -0.39 is 5.97 Å². The van der Waals surface area contributed by atoms with Crippen LogP contribution in [0.25, 0.3) is 16.6 Å². The molecular weight excluding hydrogens is 238 g/mol. The van der Waals surface area contributed by atoms with E-state index in [0.717, 1.165) is 10.9 Å². The molecule has 5 nitrogen and oxygen atoms in total. The van der Waals surface area contributed by atoms with E-state index in [9.17, 15) is 4.79 Å². The molecule has 0 aliphatic carbocycles. The number of H-pyrrole nitrogens is 1. The van der Waals surface area contributed by atoms with Crippen molar-refractivity contribution in [2.45, 2.75) is 0 Å². The first-order valence-corrected chi connectivity index (χ1v) is 5.31. The number of para-hydroxylation sites is 1. The number of aromatic carboxylic acids is 1. The molecule has 2 N–H and O–H groups in total. The zero-order valence-corrected chi connectivity index (χ0v) is 9.36. The van der Waals surface area contributed by atoms with Crippen LogP contribution in [0, 0.1) is 4.77 Å². The van der Waals surface area contributed by atoms with E-state index >= 15 is 0 Å². The third-order valence-corrected chi connectivity index (χ3v) is 2.90. The smallest absolute Gasteiger partial charge is 0.339 e. The molecule has 0 unspecified atom stereocenters. The highest BCUT2D eigenvalue weighted by atomic mass is 32.1. The van der Waals surface area contributed by atoms with Crippen molar-refractivity contribution in [1.82, 2.24) is 14.6 Å². The van der Waals surface area contributed by atoms with Gasteiger partial charge in [0.15, 0.2) is 10.4 Å². The predicted octanol–water partition coefficient (Wildman–Crippen LogP) is 2.24. The van der Waals surface area contributed by atoms with Gasteiger partial charge in [-0.15, -0.1) is 0 Å². The fraction of sp³-hybridized carbons (Fsp3) is 0. The molecule has 0 saturated heterocycles. The van der Waals surface area contributed by atoms with Gasteiger partial charge in [0.2, 0.25) is 0 Å². The highest BCUT2D eigenvalue weighted by Gasteiger charge is 2.14. The van der Waals surface area contributed by atoms with Crippen LogP contribution in [0.5, 0.6) is 0 Å². The van der Waals surface area contributed by atoms with Crippen molar-refractivity contribution < 1.29 is 9.90 Å². The molecular formula is C11H7N3O2S. The van der Waals surface area contributed by atoms with E-state index in [1.807, 2.05) is 24.3 Å². The van der Waals surface area contributed by atoms with Crippen molar-refractivity contribution in [3.05, 3.63) is 40.7 Å². The molecule has 3 rings (SSSR count). The maximum absolute atomic E-state index is 11.2. The summed E-state index contributed by atoms with van der Waals surface area (Å²) in [5.41, 5.74) is 1.31. The number of aromatic amines is 1. The van der Waals surface area contributed by atoms with Gasteiger partial charge in [-0.3, -0.25) is 9.50 Å². The summed E-state index contributed by atoms with van der Waals surface area (Å²) in [5.74, 6) is -1.02. The second-order valence-corrected chi connectivity index (χ2v) is 4.00. The molecule has 0 spiro atoms. The highest BCUT2D eigenvalue weighted by molar-refractivity contribution is 7.71. The van der Waals surface area contributed by atoms with Crippen molar-refractivity contribution in [3.8, 4) is 0 Å². The van der Waals surface area contributed by atoms with Gasteiger partial charge in [-0.1, -0.05) is 18.2 Å². The van der Waals surface area contributed by atoms with Gasteiger partial charge in [0.25, 0.3) is 0 Å². The van der Waals surface area contributed by atoms with Crippen LogP contribution in [0.15, 0.2) is 30.3 Å². The average molecular weight is 245 g/mol. The first kappa shape index (κ1) is 9.98. The molecule has 1 aromatic carbocycles. The molecule has 2 heterocycles. The average Bonchev–Trinajstić information content (AvgIpc) is 2.71. The summed E-state index contributed by atoms with van der Waals surface area (Å²) in [6.45, 7) is 0. The van der Waals surface area contributed by atoms with Crippen LogP contribution >= 0.6 is 12.2 Å². The Hall–Kier alpha value is -2.21. The third kappa shape index (κ3) is 1.34. The summed E-state index contributed by atoms with van der Waals surface area (Å²) in [5, 5.41) is 16.5. The highest BCUT2D eigenvalue weighted by Crippen LogP contribution is 2.20. The maximum atomic E-state index is 11.2. The maximum Gasteiger partial charge on any atom is 0.339 e. The summed E-state index contributed by atoms with van der Waals surface area (Å²) < 4.78 is 2.02. The van der Waals surface area contributed by atoms with Crippen LogP contribution in [-0.2, 0) is 0 Å². The SMILES string of the molecule is O=C(O)c1cc2ccccc2n2c(=S)[nH]nc12. The molecule has 0 amide bonds. The molecule has 0 aliphatic rings. The largest absolute Gasteiger partial charge is 0.478 e. The number of benzene rings is 1. The normalized spacial score (nSPS) is 11.1. The number of carbonyl (C=O) groups is 1. The number of nitrogens with one attached hydrogen (secondary N) is 1. The minimum Gasteiger partial charge on any atom is -0.478 e. The summed E-state index contributed by atoms with van der Waals surface area (Å²) in [4.78, 5) is 11.2. The van der Waals surface area contributed by atoms with E-state index in [0.29, 0.717) is 10.4 Å². The van der Waals surface area contributed by atoms with Gasteiger partial charge >= 0.3 is 5.97 Å². The van der Waals surface area contributed by atoms with E-state index in [1.165, 1.54) is 0 Å². The lowest BCUT2D eigenvalue weighted by molar-refractivity contribution is 0.0698. The Labute approximate surface area is 100 Å². The van der Waals surface area contributed by atoms with Crippen LogP contribution < -0.4 is 0 Å². The third-order valence-electron chi connectivity index (χ3n) is 2.62. The van der Waals surface area contributed by atoms with Crippen molar-refractivity contribution in [1.29, 1.82) is 0 Å². The van der Waals surface area contributed by atoms with Crippen LogP contribution in [0.3, 0.4) is 0 Å². The zero-order chi connectivity index (χ0) is 12.0. The number of fused-ring (bicyclic) bond motifs is 3. The Balaban J connectivity index is 2.66. The van der Waals surface area contributed by atoms with Crippen LogP contribution in [0.4, 0.5) is 0 Å². The van der Waals surface area contributed by atoms with Gasteiger partial charge < -0.3 is 5.11 Å².